The number of anilines is 6. The van der Waals surface area contributed by atoms with Crippen LogP contribution in [0.4, 0.5) is 34.1 Å². The smallest absolute Gasteiger partial charge is 0.252 e. The van der Waals surface area contributed by atoms with Crippen LogP contribution in [0.1, 0.15) is 160 Å². The predicted molar refractivity (Wildman–Crippen MR) is 284 cm³/mol. The van der Waals surface area contributed by atoms with E-state index in [4.69, 9.17) is 0 Å². The highest BCUT2D eigenvalue weighted by molar-refractivity contribution is 7.25. The van der Waals surface area contributed by atoms with Gasteiger partial charge in [0.1, 0.15) is 0 Å². The van der Waals surface area contributed by atoms with Gasteiger partial charge in [0.15, 0.2) is 0 Å². The molecule has 0 spiro atoms. The standard InChI is InChI=1S/C61H67BN2S/c1-35-25-51-55-52(26-35)64(48-31-43-40(27-36(48)2)56(3,4)21-23-58(43,7)8)50-33-45-42(60(11,12)34-61(45,13)14)30-47(50)62(55)46-29-41-44(59(9,10)24-22-57(41,5)6)32-49(46)63(51)37-19-20-54-39(28-37)38-17-15-16-18-53(38)65-54/h15-20,25-33H,21-24,34H2,1-14H3. The summed E-state index contributed by atoms with van der Waals surface area (Å²) in [6.07, 6.45) is 5.92. The van der Waals surface area contributed by atoms with E-state index in [-0.39, 0.29) is 39.2 Å². The molecule has 3 aliphatic carbocycles. The van der Waals surface area contributed by atoms with E-state index in [1.165, 1.54) is 141 Å². The molecule has 0 fully saturated rings. The van der Waals surface area contributed by atoms with E-state index in [0.717, 1.165) is 6.42 Å². The largest absolute Gasteiger partial charge is 0.311 e. The van der Waals surface area contributed by atoms with Crippen LogP contribution in [-0.2, 0) is 32.5 Å². The van der Waals surface area contributed by atoms with E-state index in [1.807, 2.05) is 11.3 Å². The second kappa shape index (κ2) is 13.0. The van der Waals surface area contributed by atoms with Gasteiger partial charge in [-0.15, -0.1) is 11.3 Å². The molecule has 0 saturated heterocycles. The van der Waals surface area contributed by atoms with Gasteiger partial charge >= 0.3 is 0 Å². The molecule has 1 aromatic heterocycles. The van der Waals surface area contributed by atoms with E-state index in [9.17, 15) is 0 Å². The van der Waals surface area contributed by atoms with Gasteiger partial charge in [0.25, 0.3) is 6.71 Å². The van der Waals surface area contributed by atoms with Crippen LogP contribution in [0.5, 0.6) is 0 Å². The van der Waals surface area contributed by atoms with Crippen molar-refractivity contribution in [1.29, 1.82) is 0 Å². The highest BCUT2D eigenvalue weighted by atomic mass is 32.1. The lowest BCUT2D eigenvalue weighted by Crippen LogP contribution is -2.62. The first-order valence-electron chi connectivity index (χ1n) is 24.7. The predicted octanol–water partition coefficient (Wildman–Crippen LogP) is 15.4. The summed E-state index contributed by atoms with van der Waals surface area (Å²) >= 11 is 1.91. The van der Waals surface area contributed by atoms with Crippen molar-refractivity contribution in [2.45, 2.75) is 162 Å². The van der Waals surface area contributed by atoms with E-state index >= 15 is 0 Å². The Balaban J connectivity index is 1.22. The van der Waals surface area contributed by atoms with Crippen LogP contribution < -0.4 is 26.2 Å². The van der Waals surface area contributed by atoms with Crippen molar-refractivity contribution in [3.05, 3.63) is 136 Å². The molecule has 2 nitrogen and oxygen atoms in total. The lowest BCUT2D eigenvalue weighted by Gasteiger charge is -2.48. The number of hydrogen-bond acceptors (Lipinski definition) is 3. The molecule has 3 heterocycles. The third kappa shape index (κ3) is 5.77. The van der Waals surface area contributed by atoms with Gasteiger partial charge in [-0.25, -0.2) is 0 Å². The van der Waals surface area contributed by atoms with Crippen LogP contribution in [0, 0.1) is 13.8 Å². The number of nitrogens with zero attached hydrogens (tertiary/aromatic N) is 2. The van der Waals surface area contributed by atoms with Crippen molar-refractivity contribution in [2.24, 2.45) is 0 Å². The number of aryl methyl sites for hydroxylation is 2. The quantitative estimate of drug-likeness (QED) is 0.160. The maximum atomic E-state index is 2.75. The van der Waals surface area contributed by atoms with Crippen LogP contribution in [0.15, 0.2) is 91.0 Å². The van der Waals surface area contributed by atoms with Crippen LogP contribution in [0.2, 0.25) is 0 Å². The van der Waals surface area contributed by atoms with Gasteiger partial charge in [0, 0.05) is 54.3 Å². The first-order valence-corrected chi connectivity index (χ1v) is 25.5. The van der Waals surface area contributed by atoms with E-state index in [0.29, 0.717) is 0 Å². The Kier molecular flexibility index (Phi) is 8.33. The number of hydrogen-bond donors (Lipinski definition) is 0. The molecule has 0 saturated carbocycles. The molecule has 0 amide bonds. The molecular weight excluding hydrogens is 804 g/mol. The average molecular weight is 871 g/mol. The Morgan fingerprint density at radius 2 is 0.892 bits per heavy atom. The van der Waals surface area contributed by atoms with Crippen molar-refractivity contribution in [2.75, 3.05) is 9.80 Å². The van der Waals surface area contributed by atoms with Crippen LogP contribution in [0.25, 0.3) is 20.2 Å². The Hall–Kier alpha value is -4.80. The Morgan fingerprint density at radius 1 is 0.431 bits per heavy atom. The Morgan fingerprint density at radius 3 is 1.49 bits per heavy atom. The Labute approximate surface area is 393 Å². The van der Waals surface area contributed by atoms with Crippen molar-refractivity contribution in [3.8, 4) is 0 Å². The van der Waals surface area contributed by atoms with Gasteiger partial charge < -0.3 is 9.80 Å². The molecule has 0 N–H and O–H groups in total. The minimum atomic E-state index is 0.0644. The fourth-order valence-electron chi connectivity index (χ4n) is 14.0. The minimum Gasteiger partial charge on any atom is -0.311 e. The minimum absolute atomic E-state index is 0.0644. The number of benzene rings is 6. The van der Waals surface area contributed by atoms with E-state index < -0.39 is 0 Å². The molecule has 65 heavy (non-hydrogen) atoms. The molecule has 0 atom stereocenters. The van der Waals surface area contributed by atoms with Crippen molar-refractivity contribution in [3.63, 3.8) is 0 Å². The summed E-state index contributed by atoms with van der Waals surface area (Å²) in [5, 5.41) is 2.69. The second-order valence-corrected chi connectivity index (χ2v) is 26.3. The average Bonchev–Trinajstić information content (AvgIpc) is 3.69. The molecule has 6 aromatic carbocycles. The third-order valence-electron chi connectivity index (χ3n) is 17.7. The maximum absolute atomic E-state index is 2.75. The summed E-state index contributed by atoms with van der Waals surface area (Å²) in [5.74, 6) is 0. The molecule has 7 aromatic rings. The SMILES string of the molecule is Cc1cc2c3c(c1)N(c1cc4c(cc1C)C(C)(C)CCC4(C)C)c1cc4c(cc1B3c1cc3c(cc1N2c1ccc2sc5ccccc5c2c1)C(C)(C)CCC3(C)C)C(C)(C)CC4(C)C. The van der Waals surface area contributed by atoms with Crippen molar-refractivity contribution >= 4 is 88.7 Å². The molecule has 0 unspecified atom stereocenters. The van der Waals surface area contributed by atoms with Crippen LogP contribution in [-0.4, -0.2) is 6.71 Å². The molecular formula is C61H67BN2S. The molecule has 2 aliphatic heterocycles. The second-order valence-electron chi connectivity index (χ2n) is 25.2. The highest BCUT2D eigenvalue weighted by Gasteiger charge is 2.50. The van der Waals surface area contributed by atoms with Gasteiger partial charge in [-0.2, -0.15) is 0 Å². The fraction of sp³-hybridized carbons (Fsp3) is 0.410. The van der Waals surface area contributed by atoms with Gasteiger partial charge in [-0.1, -0.05) is 119 Å². The normalized spacial score (nSPS) is 20.8. The van der Waals surface area contributed by atoms with Gasteiger partial charge in [-0.3, -0.25) is 0 Å². The monoisotopic (exact) mass is 871 g/mol. The van der Waals surface area contributed by atoms with Gasteiger partial charge in [-0.05, 0) is 194 Å². The van der Waals surface area contributed by atoms with Gasteiger partial charge in [0.05, 0.1) is 0 Å². The summed E-state index contributed by atoms with van der Waals surface area (Å²) < 4.78 is 2.70. The molecule has 330 valence electrons. The molecule has 0 bridgehead atoms. The summed E-state index contributed by atoms with van der Waals surface area (Å²) in [5.41, 5.74) is 24.5. The van der Waals surface area contributed by atoms with Crippen LogP contribution >= 0.6 is 11.3 Å². The molecule has 4 heteroatoms. The van der Waals surface area contributed by atoms with Crippen LogP contribution in [0.3, 0.4) is 0 Å². The molecule has 0 radical (unpaired) electrons. The van der Waals surface area contributed by atoms with Crippen molar-refractivity contribution in [1.82, 2.24) is 0 Å². The number of rotatable bonds is 2. The zero-order valence-corrected chi connectivity index (χ0v) is 42.4. The summed E-state index contributed by atoms with van der Waals surface area (Å²) in [6, 6.07) is 37.3. The summed E-state index contributed by atoms with van der Waals surface area (Å²) in [7, 11) is 0. The lowest BCUT2D eigenvalue weighted by molar-refractivity contribution is 0.332. The first-order chi connectivity index (χ1) is 30.5. The zero-order chi connectivity index (χ0) is 45.7. The van der Waals surface area contributed by atoms with E-state index in [2.05, 4.69) is 198 Å². The Bertz CT molecular complexity index is 3240. The summed E-state index contributed by atoms with van der Waals surface area (Å²) in [4.78, 5) is 5.44. The number of thiophene rings is 1. The molecule has 12 rings (SSSR count). The lowest BCUT2D eigenvalue weighted by atomic mass is 9.32. The summed E-state index contributed by atoms with van der Waals surface area (Å²) in [6.45, 7) is 34.7. The van der Waals surface area contributed by atoms with Gasteiger partial charge in [0.2, 0.25) is 0 Å². The maximum Gasteiger partial charge on any atom is 0.252 e. The zero-order valence-electron chi connectivity index (χ0n) is 41.6. The topological polar surface area (TPSA) is 6.48 Å². The first kappa shape index (κ1) is 41.6. The van der Waals surface area contributed by atoms with E-state index in [1.54, 1.807) is 0 Å². The number of fused-ring (bicyclic) bond motifs is 10. The third-order valence-corrected chi connectivity index (χ3v) is 18.8. The van der Waals surface area contributed by atoms with Crippen molar-refractivity contribution < 1.29 is 0 Å². The molecule has 5 aliphatic rings. The fourth-order valence-corrected chi connectivity index (χ4v) is 15.1. The highest BCUT2D eigenvalue weighted by Crippen LogP contribution is 2.56.